The predicted molar refractivity (Wildman–Crippen MR) is 72.5 cm³/mol. The quantitative estimate of drug-likeness (QED) is 0.834. The van der Waals surface area contributed by atoms with Gasteiger partial charge in [-0.3, -0.25) is 4.98 Å². The molecule has 1 aromatic rings. The van der Waals surface area contributed by atoms with Gasteiger partial charge in [0, 0.05) is 13.6 Å². The van der Waals surface area contributed by atoms with Gasteiger partial charge < -0.3 is 15.5 Å². The van der Waals surface area contributed by atoms with Crippen molar-refractivity contribution in [1.29, 1.82) is 0 Å². The number of anilines is 2. The van der Waals surface area contributed by atoms with Crippen LogP contribution in [0, 0.1) is 5.92 Å². The molecule has 0 radical (unpaired) electrons. The SMILES string of the molecule is CNc1cncc(NCC2CCN(C)CC2)c1. The molecule has 4 nitrogen and oxygen atoms in total. The van der Waals surface area contributed by atoms with Crippen LogP contribution in [0.15, 0.2) is 18.5 Å². The van der Waals surface area contributed by atoms with Crippen molar-refractivity contribution in [2.24, 2.45) is 5.92 Å². The average Bonchev–Trinajstić information content (AvgIpc) is 2.38. The van der Waals surface area contributed by atoms with Crippen molar-refractivity contribution in [2.75, 3.05) is 44.4 Å². The Hall–Kier alpha value is -1.29. The first-order valence-electron chi connectivity index (χ1n) is 6.33. The lowest BCUT2D eigenvalue weighted by Gasteiger charge is -2.29. The van der Waals surface area contributed by atoms with Crippen molar-refractivity contribution in [2.45, 2.75) is 12.8 Å². The molecule has 17 heavy (non-hydrogen) atoms. The Kier molecular flexibility index (Phi) is 4.20. The van der Waals surface area contributed by atoms with Gasteiger partial charge in [-0.15, -0.1) is 0 Å². The molecule has 4 heteroatoms. The van der Waals surface area contributed by atoms with Crippen LogP contribution in [0.3, 0.4) is 0 Å². The van der Waals surface area contributed by atoms with Crippen LogP contribution in [0.25, 0.3) is 0 Å². The van der Waals surface area contributed by atoms with E-state index < -0.39 is 0 Å². The van der Waals surface area contributed by atoms with Gasteiger partial charge in [-0.05, 0) is 45.0 Å². The van der Waals surface area contributed by atoms with Gasteiger partial charge in [0.15, 0.2) is 0 Å². The fourth-order valence-corrected chi connectivity index (χ4v) is 2.20. The fourth-order valence-electron chi connectivity index (χ4n) is 2.20. The summed E-state index contributed by atoms with van der Waals surface area (Å²) >= 11 is 0. The molecule has 2 heterocycles. The number of pyridine rings is 1. The Labute approximate surface area is 103 Å². The van der Waals surface area contributed by atoms with E-state index in [-0.39, 0.29) is 0 Å². The summed E-state index contributed by atoms with van der Waals surface area (Å²) in [5, 5.41) is 6.58. The predicted octanol–water partition coefficient (Wildman–Crippen LogP) is 1.88. The van der Waals surface area contributed by atoms with Crippen molar-refractivity contribution in [3.05, 3.63) is 18.5 Å². The highest BCUT2D eigenvalue weighted by molar-refractivity contribution is 5.53. The van der Waals surface area contributed by atoms with Crippen LogP contribution in [0.1, 0.15) is 12.8 Å². The molecule has 0 amide bonds. The third kappa shape index (κ3) is 3.60. The minimum atomic E-state index is 0.796. The molecule has 0 aromatic carbocycles. The van der Waals surface area contributed by atoms with Crippen LogP contribution in [0.4, 0.5) is 11.4 Å². The summed E-state index contributed by atoms with van der Waals surface area (Å²) in [4.78, 5) is 6.60. The smallest absolute Gasteiger partial charge is 0.0547 e. The molecule has 1 aromatic heterocycles. The molecule has 1 fully saturated rings. The maximum Gasteiger partial charge on any atom is 0.0547 e. The topological polar surface area (TPSA) is 40.2 Å². The van der Waals surface area contributed by atoms with Gasteiger partial charge in [0.05, 0.1) is 23.8 Å². The second-order valence-electron chi connectivity index (χ2n) is 4.84. The first-order valence-corrected chi connectivity index (χ1v) is 6.33. The van der Waals surface area contributed by atoms with E-state index in [2.05, 4.69) is 33.6 Å². The zero-order valence-electron chi connectivity index (χ0n) is 10.7. The van der Waals surface area contributed by atoms with Gasteiger partial charge in [-0.2, -0.15) is 0 Å². The van der Waals surface area contributed by atoms with E-state index in [1.807, 2.05) is 19.4 Å². The van der Waals surface area contributed by atoms with E-state index in [1.165, 1.54) is 25.9 Å². The van der Waals surface area contributed by atoms with Crippen molar-refractivity contribution in [1.82, 2.24) is 9.88 Å². The minimum Gasteiger partial charge on any atom is -0.387 e. The monoisotopic (exact) mass is 234 g/mol. The second kappa shape index (κ2) is 5.87. The number of piperidine rings is 1. The molecule has 0 atom stereocenters. The molecule has 0 unspecified atom stereocenters. The largest absolute Gasteiger partial charge is 0.387 e. The highest BCUT2D eigenvalue weighted by atomic mass is 15.1. The van der Waals surface area contributed by atoms with Crippen molar-refractivity contribution in [3.8, 4) is 0 Å². The van der Waals surface area contributed by atoms with Gasteiger partial charge in [-0.25, -0.2) is 0 Å². The van der Waals surface area contributed by atoms with Crippen molar-refractivity contribution in [3.63, 3.8) is 0 Å². The molecule has 0 spiro atoms. The lowest BCUT2D eigenvalue weighted by molar-refractivity contribution is 0.226. The summed E-state index contributed by atoms with van der Waals surface area (Å²) in [6.07, 6.45) is 6.31. The summed E-state index contributed by atoms with van der Waals surface area (Å²) in [6, 6.07) is 2.10. The number of rotatable bonds is 4. The average molecular weight is 234 g/mol. The van der Waals surface area contributed by atoms with Gasteiger partial charge in [0.2, 0.25) is 0 Å². The Morgan fingerprint density at radius 2 is 2.00 bits per heavy atom. The van der Waals surface area contributed by atoms with Gasteiger partial charge >= 0.3 is 0 Å². The Balaban J connectivity index is 1.81. The van der Waals surface area contributed by atoms with Crippen LogP contribution < -0.4 is 10.6 Å². The summed E-state index contributed by atoms with van der Waals surface area (Å²) in [5.41, 5.74) is 2.16. The highest BCUT2D eigenvalue weighted by Gasteiger charge is 2.16. The van der Waals surface area contributed by atoms with E-state index in [1.54, 1.807) is 0 Å². The molecule has 2 rings (SSSR count). The normalized spacial score (nSPS) is 18.0. The standard InChI is InChI=1S/C13H22N4/c1-14-12-7-13(10-15-9-12)16-8-11-3-5-17(2)6-4-11/h7,9-11,14,16H,3-6,8H2,1-2H3. The summed E-state index contributed by atoms with van der Waals surface area (Å²) in [7, 11) is 4.11. The van der Waals surface area contributed by atoms with Crippen LogP contribution in [0.5, 0.6) is 0 Å². The zero-order valence-corrected chi connectivity index (χ0v) is 10.7. The van der Waals surface area contributed by atoms with Crippen LogP contribution in [0.2, 0.25) is 0 Å². The molecule has 0 aliphatic carbocycles. The maximum absolute atomic E-state index is 4.20. The highest BCUT2D eigenvalue weighted by Crippen LogP contribution is 2.18. The van der Waals surface area contributed by atoms with Gasteiger partial charge in [-0.1, -0.05) is 0 Å². The number of nitrogens with one attached hydrogen (secondary N) is 2. The molecule has 2 N–H and O–H groups in total. The van der Waals surface area contributed by atoms with E-state index >= 15 is 0 Å². The van der Waals surface area contributed by atoms with E-state index in [0.29, 0.717) is 0 Å². The van der Waals surface area contributed by atoms with Crippen molar-refractivity contribution < 1.29 is 0 Å². The first-order chi connectivity index (χ1) is 8.28. The maximum atomic E-state index is 4.20. The Morgan fingerprint density at radius 3 is 2.71 bits per heavy atom. The number of hydrogen-bond donors (Lipinski definition) is 2. The summed E-state index contributed by atoms with van der Waals surface area (Å²) in [5.74, 6) is 0.796. The number of hydrogen-bond acceptors (Lipinski definition) is 4. The molecule has 0 bridgehead atoms. The Bertz CT molecular complexity index is 345. The molecule has 1 aliphatic heterocycles. The van der Waals surface area contributed by atoms with Crippen LogP contribution >= 0.6 is 0 Å². The van der Waals surface area contributed by atoms with Crippen LogP contribution in [-0.4, -0.2) is 43.6 Å². The van der Waals surface area contributed by atoms with Gasteiger partial charge in [0.1, 0.15) is 0 Å². The molecule has 1 aliphatic rings. The fraction of sp³-hybridized carbons (Fsp3) is 0.615. The second-order valence-corrected chi connectivity index (χ2v) is 4.84. The number of nitrogens with zero attached hydrogens (tertiary/aromatic N) is 2. The third-order valence-corrected chi connectivity index (χ3v) is 3.46. The third-order valence-electron chi connectivity index (χ3n) is 3.46. The number of likely N-dealkylation sites (tertiary alicyclic amines) is 1. The molecule has 94 valence electrons. The lowest BCUT2D eigenvalue weighted by atomic mass is 9.97. The van der Waals surface area contributed by atoms with E-state index in [9.17, 15) is 0 Å². The lowest BCUT2D eigenvalue weighted by Crippen LogP contribution is -2.32. The van der Waals surface area contributed by atoms with Crippen molar-refractivity contribution >= 4 is 11.4 Å². The Morgan fingerprint density at radius 1 is 1.29 bits per heavy atom. The van der Waals surface area contributed by atoms with E-state index in [4.69, 9.17) is 0 Å². The van der Waals surface area contributed by atoms with E-state index in [0.717, 1.165) is 23.8 Å². The zero-order chi connectivity index (χ0) is 12.1. The van der Waals surface area contributed by atoms with Gasteiger partial charge in [0.25, 0.3) is 0 Å². The first kappa shape index (κ1) is 12.2. The molecular weight excluding hydrogens is 212 g/mol. The summed E-state index contributed by atoms with van der Waals surface area (Å²) in [6.45, 7) is 3.50. The molecule has 0 saturated carbocycles. The summed E-state index contributed by atoms with van der Waals surface area (Å²) < 4.78 is 0. The van der Waals surface area contributed by atoms with Crippen LogP contribution in [-0.2, 0) is 0 Å². The number of aromatic nitrogens is 1. The molecular formula is C13H22N4. The molecule has 1 saturated heterocycles. The minimum absolute atomic E-state index is 0.796.